The van der Waals surface area contributed by atoms with Crippen molar-refractivity contribution in [2.75, 3.05) is 7.05 Å². The van der Waals surface area contributed by atoms with Gasteiger partial charge in [-0.05, 0) is 54.7 Å². The van der Waals surface area contributed by atoms with E-state index in [9.17, 15) is 4.79 Å². The maximum atomic E-state index is 13.4. The zero-order chi connectivity index (χ0) is 22.3. The number of hydrogen-bond acceptors (Lipinski definition) is 4. The number of aromatic nitrogens is 1. The Kier molecular flexibility index (Phi) is 5.43. The van der Waals surface area contributed by atoms with Crippen LogP contribution in [0.1, 0.15) is 54.2 Å². The highest BCUT2D eigenvalue weighted by Crippen LogP contribution is 2.45. The topological polar surface area (TPSA) is 69.1 Å². The van der Waals surface area contributed by atoms with Crippen molar-refractivity contribution in [3.63, 3.8) is 0 Å². The summed E-state index contributed by atoms with van der Waals surface area (Å²) in [7, 11) is 1.66. The Morgan fingerprint density at radius 3 is 2.52 bits per heavy atom. The molecule has 3 heterocycles. The highest BCUT2D eigenvalue weighted by atomic mass is 32.1. The van der Waals surface area contributed by atoms with E-state index in [0.29, 0.717) is 5.92 Å². The summed E-state index contributed by atoms with van der Waals surface area (Å²) >= 11 is 1.64. The Bertz CT molecular complexity index is 1130. The van der Waals surface area contributed by atoms with Crippen LogP contribution in [0.2, 0.25) is 0 Å². The van der Waals surface area contributed by atoms with E-state index < -0.39 is 11.5 Å². The van der Waals surface area contributed by atoms with Crippen LogP contribution in [0.4, 0.5) is 0 Å². The molecule has 1 aliphatic heterocycles. The normalized spacial score (nSPS) is 21.5. The number of thiophene rings is 1. The van der Waals surface area contributed by atoms with Crippen LogP contribution in [0.25, 0.3) is 10.4 Å². The fourth-order valence-corrected chi connectivity index (χ4v) is 5.29. The van der Waals surface area contributed by atoms with Gasteiger partial charge in [0.15, 0.2) is 5.96 Å². The lowest BCUT2D eigenvalue weighted by Gasteiger charge is -2.45. The molecule has 6 heteroatoms. The van der Waals surface area contributed by atoms with Gasteiger partial charge in [0.1, 0.15) is 0 Å². The predicted molar refractivity (Wildman–Crippen MR) is 127 cm³/mol. The molecule has 1 fully saturated rings. The molecule has 0 saturated carbocycles. The minimum atomic E-state index is -0.722. The van der Waals surface area contributed by atoms with Crippen LogP contribution in [0.3, 0.4) is 0 Å². The Morgan fingerprint density at radius 2 is 1.87 bits per heavy atom. The van der Waals surface area contributed by atoms with Gasteiger partial charge in [-0.2, -0.15) is 0 Å². The van der Waals surface area contributed by atoms with E-state index in [2.05, 4.69) is 66.6 Å². The maximum Gasteiger partial charge on any atom is 0.239 e. The Balaban J connectivity index is 1.79. The summed E-state index contributed by atoms with van der Waals surface area (Å²) in [5, 5.41) is 11.7. The van der Waals surface area contributed by atoms with Crippen LogP contribution >= 0.6 is 11.3 Å². The van der Waals surface area contributed by atoms with Crippen molar-refractivity contribution in [1.29, 1.82) is 5.41 Å². The second-order valence-corrected chi connectivity index (χ2v) is 9.83. The Morgan fingerprint density at radius 1 is 1.16 bits per heavy atom. The van der Waals surface area contributed by atoms with Crippen LogP contribution < -0.4 is 5.32 Å². The number of benzene rings is 1. The van der Waals surface area contributed by atoms with Gasteiger partial charge in [-0.15, -0.1) is 11.3 Å². The van der Waals surface area contributed by atoms with Gasteiger partial charge in [0.25, 0.3) is 0 Å². The number of aryl methyl sites for hydroxylation is 1. The third-order valence-corrected chi connectivity index (χ3v) is 7.45. The maximum absolute atomic E-state index is 13.4. The summed E-state index contributed by atoms with van der Waals surface area (Å²) in [5.74, 6) is 0.0413. The molecule has 0 radical (unpaired) electrons. The number of guanidine groups is 1. The van der Waals surface area contributed by atoms with Crippen LogP contribution in [0.15, 0.2) is 54.9 Å². The van der Waals surface area contributed by atoms with E-state index in [1.165, 1.54) is 10.5 Å². The quantitative estimate of drug-likeness (QED) is 0.593. The highest BCUT2D eigenvalue weighted by Gasteiger charge is 2.49. The molecule has 1 amide bonds. The molecule has 0 aliphatic carbocycles. The van der Waals surface area contributed by atoms with E-state index in [1.54, 1.807) is 18.4 Å². The Hall–Kier alpha value is -2.99. The third-order valence-electron chi connectivity index (χ3n) is 6.08. The molecule has 1 aliphatic rings. The van der Waals surface area contributed by atoms with Crippen molar-refractivity contribution in [2.45, 2.75) is 45.1 Å². The molecule has 1 aromatic carbocycles. The van der Waals surface area contributed by atoms with Crippen LogP contribution in [-0.4, -0.2) is 28.8 Å². The van der Waals surface area contributed by atoms with Crippen molar-refractivity contribution >= 4 is 23.2 Å². The number of hydrogen-bond donors (Lipinski definition) is 2. The number of rotatable bonds is 4. The molecule has 0 bridgehead atoms. The molecular weight excluding hydrogens is 404 g/mol. The van der Waals surface area contributed by atoms with Crippen molar-refractivity contribution in [1.82, 2.24) is 15.2 Å². The van der Waals surface area contributed by atoms with E-state index in [0.717, 1.165) is 26.4 Å². The highest BCUT2D eigenvalue weighted by molar-refractivity contribution is 7.15. The average Bonchev–Trinajstić information content (AvgIpc) is 3.24. The molecular formula is C25H28N4OS. The van der Waals surface area contributed by atoms with Gasteiger partial charge in [-0.1, -0.05) is 38.1 Å². The zero-order valence-electron chi connectivity index (χ0n) is 18.6. The van der Waals surface area contributed by atoms with Gasteiger partial charge in [0.2, 0.25) is 5.91 Å². The van der Waals surface area contributed by atoms with Crippen molar-refractivity contribution in [2.24, 2.45) is 0 Å². The lowest BCUT2D eigenvalue weighted by molar-refractivity contribution is -0.131. The second-order valence-electron chi connectivity index (χ2n) is 8.74. The molecule has 2 N–H and O–H groups in total. The van der Waals surface area contributed by atoms with Gasteiger partial charge in [0.05, 0.1) is 11.5 Å². The second kappa shape index (κ2) is 7.93. The molecule has 0 spiro atoms. The SMILES string of the molecule is Cc1cncc(-c2ccc([C@@]3(C)NC(=N)N(C)C(=O)C3c3ccc(C(C)C)cc3)s2)c1. The summed E-state index contributed by atoms with van der Waals surface area (Å²) in [6.45, 7) is 8.38. The van der Waals surface area contributed by atoms with Gasteiger partial charge < -0.3 is 5.32 Å². The van der Waals surface area contributed by atoms with Crippen LogP contribution in [-0.2, 0) is 10.3 Å². The first-order valence-corrected chi connectivity index (χ1v) is 11.3. The number of carbonyl (C=O) groups excluding carboxylic acids is 1. The minimum absolute atomic E-state index is 0.0734. The first-order chi connectivity index (χ1) is 14.7. The fourth-order valence-electron chi connectivity index (χ4n) is 4.17. The number of nitrogens with zero attached hydrogens (tertiary/aromatic N) is 2. The molecule has 31 heavy (non-hydrogen) atoms. The number of amides is 1. The molecule has 1 unspecified atom stereocenters. The lowest BCUT2D eigenvalue weighted by Crippen LogP contribution is -2.62. The van der Waals surface area contributed by atoms with Crippen LogP contribution in [0.5, 0.6) is 0 Å². The fraction of sp³-hybridized carbons (Fsp3) is 0.320. The van der Waals surface area contributed by atoms with Crippen LogP contribution in [0, 0.1) is 12.3 Å². The Labute approximate surface area is 187 Å². The smallest absolute Gasteiger partial charge is 0.239 e. The first kappa shape index (κ1) is 21.2. The average molecular weight is 433 g/mol. The number of pyridine rings is 1. The molecule has 160 valence electrons. The van der Waals surface area contributed by atoms with Gasteiger partial charge in [-0.25, -0.2) is 0 Å². The van der Waals surface area contributed by atoms with E-state index in [4.69, 9.17) is 5.41 Å². The molecule has 4 rings (SSSR count). The summed E-state index contributed by atoms with van der Waals surface area (Å²) in [6, 6.07) is 14.6. The number of carbonyl (C=O) groups is 1. The largest absolute Gasteiger partial charge is 0.345 e. The summed E-state index contributed by atoms with van der Waals surface area (Å²) in [4.78, 5) is 21.2. The van der Waals surface area contributed by atoms with Gasteiger partial charge >= 0.3 is 0 Å². The summed E-state index contributed by atoms with van der Waals surface area (Å²) in [5.41, 5.74) is 3.65. The monoisotopic (exact) mass is 432 g/mol. The van der Waals surface area contributed by atoms with E-state index >= 15 is 0 Å². The summed E-state index contributed by atoms with van der Waals surface area (Å²) in [6.07, 6.45) is 3.71. The van der Waals surface area contributed by atoms with E-state index in [-0.39, 0.29) is 11.9 Å². The summed E-state index contributed by atoms with van der Waals surface area (Å²) < 4.78 is 0. The van der Waals surface area contributed by atoms with Crippen molar-refractivity contribution in [3.8, 4) is 10.4 Å². The number of nitrogens with one attached hydrogen (secondary N) is 2. The number of likely N-dealkylation sites (N-methyl/N-ethyl adjacent to an activating group) is 1. The minimum Gasteiger partial charge on any atom is -0.345 e. The van der Waals surface area contributed by atoms with Gasteiger partial charge in [0, 0.05) is 34.8 Å². The molecule has 2 aromatic heterocycles. The lowest BCUT2D eigenvalue weighted by atomic mass is 9.76. The molecule has 3 aromatic rings. The first-order valence-electron chi connectivity index (χ1n) is 10.5. The third kappa shape index (κ3) is 3.76. The predicted octanol–water partition coefficient (Wildman–Crippen LogP) is 5.24. The van der Waals surface area contributed by atoms with Crippen molar-refractivity contribution in [3.05, 3.63) is 76.4 Å². The van der Waals surface area contributed by atoms with E-state index in [1.807, 2.05) is 26.2 Å². The standard InChI is InChI=1S/C25H28N4OS/c1-15(2)17-6-8-18(9-7-17)22-23(30)29(5)24(26)28-25(22,4)21-11-10-20(31-21)19-12-16(3)13-27-14-19/h6-15,22H,1-5H3,(H2,26,28)/t22?,25-/m1/s1. The molecule has 2 atom stereocenters. The van der Waals surface area contributed by atoms with Gasteiger partial charge in [-0.3, -0.25) is 20.1 Å². The molecule has 5 nitrogen and oxygen atoms in total. The van der Waals surface area contributed by atoms with Crippen molar-refractivity contribution < 1.29 is 4.79 Å². The zero-order valence-corrected chi connectivity index (χ0v) is 19.4. The molecule has 1 saturated heterocycles.